The lowest BCUT2D eigenvalue weighted by molar-refractivity contribution is -0.139. The van der Waals surface area contributed by atoms with E-state index in [1.165, 1.54) is 29.2 Å². The molecule has 0 bridgehead atoms. The van der Waals surface area contributed by atoms with E-state index in [1.54, 1.807) is 19.1 Å². The highest BCUT2D eigenvalue weighted by atomic mass is 32.2. The molecule has 2 aromatic carbocycles. The molecule has 0 saturated carbocycles. The number of hydrogen-bond donors (Lipinski definition) is 1. The van der Waals surface area contributed by atoms with Gasteiger partial charge in [-0.05, 0) is 48.1 Å². The van der Waals surface area contributed by atoms with E-state index in [2.05, 4.69) is 5.32 Å². The van der Waals surface area contributed by atoms with Gasteiger partial charge < -0.3 is 10.2 Å². The zero-order valence-corrected chi connectivity index (χ0v) is 22.1. The summed E-state index contributed by atoms with van der Waals surface area (Å²) in [7, 11) is -3.81. The molecule has 0 aliphatic rings. The fraction of sp³-hybridized carbons (Fsp3) is 0.462. The van der Waals surface area contributed by atoms with Crippen LogP contribution in [0.1, 0.15) is 51.7 Å². The Morgan fingerprint density at radius 3 is 2.11 bits per heavy atom. The van der Waals surface area contributed by atoms with Crippen LogP contribution in [0.5, 0.6) is 0 Å². The summed E-state index contributed by atoms with van der Waals surface area (Å²) >= 11 is 0. The molecule has 192 valence electrons. The van der Waals surface area contributed by atoms with Crippen LogP contribution in [-0.4, -0.2) is 50.5 Å². The lowest BCUT2D eigenvalue weighted by Gasteiger charge is -2.32. The van der Waals surface area contributed by atoms with E-state index in [0.29, 0.717) is 17.8 Å². The molecule has 1 atom stereocenters. The second kappa shape index (κ2) is 12.2. The van der Waals surface area contributed by atoms with Gasteiger partial charge in [-0.25, -0.2) is 12.8 Å². The smallest absolute Gasteiger partial charge is 0.244 e. The van der Waals surface area contributed by atoms with Gasteiger partial charge in [-0.2, -0.15) is 0 Å². The first-order valence-corrected chi connectivity index (χ1v) is 13.5. The molecule has 2 amide bonds. The van der Waals surface area contributed by atoms with Gasteiger partial charge in [-0.1, -0.05) is 58.0 Å². The van der Waals surface area contributed by atoms with Gasteiger partial charge in [0.05, 0.1) is 11.9 Å². The average molecular weight is 506 g/mol. The van der Waals surface area contributed by atoms with E-state index < -0.39 is 34.3 Å². The number of halogens is 1. The van der Waals surface area contributed by atoms with Crippen molar-refractivity contribution in [2.75, 3.05) is 23.7 Å². The number of nitrogens with one attached hydrogen (secondary N) is 1. The van der Waals surface area contributed by atoms with Gasteiger partial charge in [-0.3, -0.25) is 13.9 Å². The first-order chi connectivity index (χ1) is 16.3. The van der Waals surface area contributed by atoms with E-state index in [0.717, 1.165) is 16.1 Å². The summed E-state index contributed by atoms with van der Waals surface area (Å²) < 4.78 is 40.1. The van der Waals surface area contributed by atoms with Gasteiger partial charge >= 0.3 is 0 Å². The molecule has 0 radical (unpaired) electrons. The van der Waals surface area contributed by atoms with E-state index in [4.69, 9.17) is 0 Å². The van der Waals surface area contributed by atoms with E-state index >= 15 is 0 Å². The number of para-hydroxylation sites is 1. The van der Waals surface area contributed by atoms with Crippen LogP contribution in [0.25, 0.3) is 0 Å². The predicted octanol–water partition coefficient (Wildman–Crippen LogP) is 3.90. The Hall–Kier alpha value is -2.94. The third kappa shape index (κ3) is 8.06. The molecule has 2 aromatic rings. The first-order valence-electron chi connectivity index (χ1n) is 11.7. The Kier molecular flexibility index (Phi) is 9.82. The molecule has 0 fully saturated rings. The summed E-state index contributed by atoms with van der Waals surface area (Å²) in [4.78, 5) is 27.7. The largest absolute Gasteiger partial charge is 0.354 e. The third-order valence-corrected chi connectivity index (χ3v) is 6.75. The molecule has 2 rings (SSSR count). The first kappa shape index (κ1) is 28.3. The highest BCUT2D eigenvalue weighted by Gasteiger charge is 2.31. The minimum atomic E-state index is -3.81. The molecule has 1 N–H and O–H groups in total. The molecule has 35 heavy (non-hydrogen) atoms. The highest BCUT2D eigenvalue weighted by Crippen LogP contribution is 2.29. The number of rotatable bonds is 11. The molecule has 0 heterocycles. The van der Waals surface area contributed by atoms with Crippen LogP contribution < -0.4 is 9.62 Å². The van der Waals surface area contributed by atoms with Gasteiger partial charge in [0.25, 0.3) is 0 Å². The summed E-state index contributed by atoms with van der Waals surface area (Å²) in [6.45, 7) is 9.42. The molecule has 1 unspecified atom stereocenters. The molecule has 0 aliphatic heterocycles. The molecule has 0 aromatic heterocycles. The number of carbonyl (C=O) groups excluding carboxylic acids is 2. The fourth-order valence-electron chi connectivity index (χ4n) is 3.62. The third-order valence-electron chi connectivity index (χ3n) is 5.62. The SMILES string of the molecule is CC(C)CNC(=O)C(C)N(Cc1ccc(F)cc1)C(=O)CN(c1ccccc1C(C)C)S(C)(=O)=O. The number of anilines is 1. The van der Waals surface area contributed by atoms with Crippen LogP contribution in [0, 0.1) is 11.7 Å². The number of benzene rings is 2. The summed E-state index contributed by atoms with van der Waals surface area (Å²) in [6.07, 6.45) is 1.06. The second-order valence-electron chi connectivity index (χ2n) is 9.45. The molecule has 0 aliphatic carbocycles. The van der Waals surface area contributed by atoms with Crippen LogP contribution in [0.15, 0.2) is 48.5 Å². The number of amides is 2. The Morgan fingerprint density at radius 2 is 1.57 bits per heavy atom. The standard InChI is InChI=1S/C26H36FN3O4S/c1-18(2)15-28-26(32)20(5)29(16-21-11-13-22(27)14-12-21)25(31)17-30(35(6,33)34)24-10-8-7-9-23(24)19(3)4/h7-14,18-20H,15-17H2,1-6H3,(H,28,32). The van der Waals surface area contributed by atoms with E-state index in [-0.39, 0.29) is 24.3 Å². The Balaban J connectivity index is 2.42. The molecule has 7 nitrogen and oxygen atoms in total. The maximum atomic E-state index is 13.6. The molecule has 9 heteroatoms. The summed E-state index contributed by atoms with van der Waals surface area (Å²) in [5.74, 6) is -1.04. The van der Waals surface area contributed by atoms with Crippen LogP contribution >= 0.6 is 0 Å². The van der Waals surface area contributed by atoms with Crippen LogP contribution in [0.3, 0.4) is 0 Å². The lowest BCUT2D eigenvalue weighted by atomic mass is 10.0. The maximum absolute atomic E-state index is 13.6. The van der Waals surface area contributed by atoms with Gasteiger partial charge in [-0.15, -0.1) is 0 Å². The molecular weight excluding hydrogens is 469 g/mol. The van der Waals surface area contributed by atoms with Gasteiger partial charge in [0.2, 0.25) is 21.8 Å². The monoisotopic (exact) mass is 505 g/mol. The van der Waals surface area contributed by atoms with Crippen molar-refractivity contribution < 1.29 is 22.4 Å². The van der Waals surface area contributed by atoms with Gasteiger partial charge in [0, 0.05) is 13.1 Å². The topological polar surface area (TPSA) is 86.8 Å². The summed E-state index contributed by atoms with van der Waals surface area (Å²) in [5.41, 5.74) is 1.84. The van der Waals surface area contributed by atoms with Gasteiger partial charge in [0.15, 0.2) is 0 Å². The Labute approximate surface area is 208 Å². The van der Waals surface area contributed by atoms with Crippen LogP contribution in [0.2, 0.25) is 0 Å². The van der Waals surface area contributed by atoms with Crippen molar-refractivity contribution in [3.05, 3.63) is 65.5 Å². The normalized spacial score (nSPS) is 12.5. The fourth-order valence-corrected chi connectivity index (χ4v) is 4.49. The Morgan fingerprint density at radius 1 is 0.971 bits per heavy atom. The zero-order valence-electron chi connectivity index (χ0n) is 21.3. The van der Waals surface area contributed by atoms with Crippen molar-refractivity contribution in [2.45, 2.75) is 53.1 Å². The van der Waals surface area contributed by atoms with Crippen molar-refractivity contribution in [3.63, 3.8) is 0 Å². The average Bonchev–Trinajstić information content (AvgIpc) is 2.79. The summed E-state index contributed by atoms with van der Waals surface area (Å²) in [5, 5.41) is 2.83. The lowest BCUT2D eigenvalue weighted by Crippen LogP contribution is -2.51. The predicted molar refractivity (Wildman–Crippen MR) is 137 cm³/mol. The minimum Gasteiger partial charge on any atom is -0.354 e. The number of sulfonamides is 1. The zero-order chi connectivity index (χ0) is 26.3. The molecule has 0 spiro atoms. The molecular formula is C26H36FN3O4S. The maximum Gasteiger partial charge on any atom is 0.244 e. The van der Waals surface area contributed by atoms with Crippen molar-refractivity contribution in [1.82, 2.24) is 10.2 Å². The second-order valence-corrected chi connectivity index (χ2v) is 11.4. The van der Waals surface area contributed by atoms with Crippen molar-refractivity contribution >= 4 is 27.5 Å². The van der Waals surface area contributed by atoms with Crippen molar-refractivity contribution in [1.29, 1.82) is 0 Å². The highest BCUT2D eigenvalue weighted by molar-refractivity contribution is 7.92. The summed E-state index contributed by atoms with van der Waals surface area (Å²) in [6, 6.07) is 11.8. The molecule has 0 saturated heterocycles. The van der Waals surface area contributed by atoms with E-state index in [9.17, 15) is 22.4 Å². The van der Waals surface area contributed by atoms with Crippen LogP contribution in [-0.2, 0) is 26.2 Å². The quantitative estimate of drug-likeness (QED) is 0.502. The number of carbonyl (C=O) groups is 2. The van der Waals surface area contributed by atoms with Crippen molar-refractivity contribution in [2.24, 2.45) is 5.92 Å². The minimum absolute atomic E-state index is 0.0266. The van der Waals surface area contributed by atoms with Crippen molar-refractivity contribution in [3.8, 4) is 0 Å². The number of nitrogens with zero attached hydrogens (tertiary/aromatic N) is 2. The Bertz CT molecular complexity index is 1120. The van der Waals surface area contributed by atoms with Crippen LogP contribution in [0.4, 0.5) is 10.1 Å². The van der Waals surface area contributed by atoms with Gasteiger partial charge in [0.1, 0.15) is 18.4 Å². The van der Waals surface area contributed by atoms with E-state index in [1.807, 2.05) is 39.8 Å². The number of hydrogen-bond acceptors (Lipinski definition) is 4.